The maximum Gasteiger partial charge on any atom is 0.408 e. The fourth-order valence-electron chi connectivity index (χ4n) is 3.92. The average Bonchev–Trinajstić information content (AvgIpc) is 3.25. The van der Waals surface area contributed by atoms with Crippen LogP contribution in [0.1, 0.15) is 23.8 Å². The smallest absolute Gasteiger partial charge is 0.408 e. The number of amides is 3. The Morgan fingerprint density at radius 3 is 2.75 bits per heavy atom. The molecule has 1 saturated heterocycles. The number of alkyl halides is 3. The number of anilines is 3. The molecule has 2 bridgehead atoms. The van der Waals surface area contributed by atoms with E-state index < -0.39 is 36.9 Å². The molecule has 0 spiro atoms. The first-order valence-corrected chi connectivity index (χ1v) is 11.2. The summed E-state index contributed by atoms with van der Waals surface area (Å²) in [5.74, 6) is -0.590. The molecule has 2 aliphatic heterocycles. The van der Waals surface area contributed by atoms with E-state index in [1.807, 2.05) is 10.2 Å². The van der Waals surface area contributed by atoms with Crippen LogP contribution in [0.5, 0.6) is 5.88 Å². The highest BCUT2D eigenvalue weighted by Crippen LogP contribution is 2.39. The molecule has 36 heavy (non-hydrogen) atoms. The molecule has 2 aromatic heterocycles. The molecule has 0 saturated carbocycles. The van der Waals surface area contributed by atoms with Gasteiger partial charge < -0.3 is 25.2 Å². The second-order valence-electron chi connectivity index (χ2n) is 8.47. The number of carbonyl (C=O) groups is 2. The van der Waals surface area contributed by atoms with E-state index in [4.69, 9.17) is 9.84 Å². The molecule has 3 atom stereocenters. The maximum atomic E-state index is 13.3. The fraction of sp³-hybridized carbons (Fsp3) is 0.455. The summed E-state index contributed by atoms with van der Waals surface area (Å²) in [6, 6.07) is 4.58. The van der Waals surface area contributed by atoms with E-state index in [0.29, 0.717) is 25.2 Å². The number of aliphatic hydroxyl groups is 2. The lowest BCUT2D eigenvalue weighted by Crippen LogP contribution is -2.49. The van der Waals surface area contributed by atoms with Gasteiger partial charge in [-0.15, -0.1) is 0 Å². The van der Waals surface area contributed by atoms with E-state index in [-0.39, 0.29) is 35.9 Å². The van der Waals surface area contributed by atoms with Gasteiger partial charge >= 0.3 is 12.2 Å². The Kier molecular flexibility index (Phi) is 7.17. The minimum Gasteiger partial charge on any atom is -0.475 e. The van der Waals surface area contributed by atoms with E-state index in [1.165, 1.54) is 23.1 Å². The van der Waals surface area contributed by atoms with Gasteiger partial charge in [0, 0.05) is 19.2 Å². The zero-order valence-corrected chi connectivity index (χ0v) is 19.2. The van der Waals surface area contributed by atoms with Crippen molar-refractivity contribution in [2.75, 3.05) is 41.4 Å². The highest BCUT2D eigenvalue weighted by molar-refractivity contribution is 6.05. The van der Waals surface area contributed by atoms with Gasteiger partial charge in [-0.1, -0.05) is 6.07 Å². The molecule has 194 valence electrons. The van der Waals surface area contributed by atoms with Gasteiger partial charge in [-0.2, -0.15) is 18.2 Å². The van der Waals surface area contributed by atoms with E-state index >= 15 is 0 Å². The van der Waals surface area contributed by atoms with Gasteiger partial charge in [0.2, 0.25) is 5.88 Å². The molecule has 4 N–H and O–H groups in total. The van der Waals surface area contributed by atoms with Crippen molar-refractivity contribution < 1.29 is 37.7 Å². The summed E-state index contributed by atoms with van der Waals surface area (Å²) in [6.07, 6.45) is -5.06. The molecule has 2 aliphatic rings. The largest absolute Gasteiger partial charge is 0.475 e. The summed E-state index contributed by atoms with van der Waals surface area (Å²) in [4.78, 5) is 37.5. The number of carbonyl (C=O) groups excluding carboxylic acids is 2. The molecule has 0 radical (unpaired) electrons. The van der Waals surface area contributed by atoms with E-state index in [0.717, 1.165) is 6.92 Å². The fourth-order valence-corrected chi connectivity index (χ4v) is 3.92. The predicted molar refractivity (Wildman–Crippen MR) is 122 cm³/mol. The quantitative estimate of drug-likeness (QED) is 0.440. The molecular weight excluding hydrogens is 485 g/mol. The van der Waals surface area contributed by atoms with Crippen molar-refractivity contribution in [2.45, 2.75) is 37.7 Å². The number of hydrogen-bond donors (Lipinski definition) is 4. The second kappa shape index (κ2) is 10.1. The first kappa shape index (κ1) is 25.4. The topological polar surface area (TPSA) is 140 Å². The Morgan fingerprint density at radius 2 is 2.03 bits per heavy atom. The van der Waals surface area contributed by atoms with Gasteiger partial charge in [0.15, 0.2) is 5.82 Å². The minimum absolute atomic E-state index is 0.113. The van der Waals surface area contributed by atoms with Crippen molar-refractivity contribution >= 4 is 29.3 Å². The van der Waals surface area contributed by atoms with E-state index in [9.17, 15) is 27.9 Å². The van der Waals surface area contributed by atoms with Crippen LogP contribution < -0.4 is 25.2 Å². The standard InChI is InChI=1S/C22H25F3N6O5/c1-12(22(23,24)25)26-20(34)15-5-6-16-19(27-15)31(13-7-8-30(16)9-13)21(35)29-17-3-2-4-18(28-17)36-11-14(33)10-32/h2-6,12-14,32-33H,7-11H2,1H3,(H,26,34)(H,28,29,35)/t12-,13?,14-/m1/s1. The third-order valence-electron chi connectivity index (χ3n) is 5.83. The van der Waals surface area contributed by atoms with E-state index in [1.54, 1.807) is 12.1 Å². The van der Waals surface area contributed by atoms with Crippen LogP contribution in [0.4, 0.5) is 35.3 Å². The van der Waals surface area contributed by atoms with Gasteiger partial charge in [-0.25, -0.2) is 9.78 Å². The number of ether oxygens (including phenoxy) is 1. The number of hydrogen-bond acceptors (Lipinski definition) is 8. The number of aliphatic hydroxyl groups excluding tert-OH is 2. The minimum atomic E-state index is -4.61. The Bertz CT molecular complexity index is 1130. The highest BCUT2D eigenvalue weighted by Gasteiger charge is 2.41. The summed E-state index contributed by atoms with van der Waals surface area (Å²) in [6.45, 7) is 1.34. The van der Waals surface area contributed by atoms with Gasteiger partial charge in [-0.3, -0.25) is 15.0 Å². The number of halogens is 3. The van der Waals surface area contributed by atoms with Crippen LogP contribution in [0, 0.1) is 0 Å². The van der Waals surface area contributed by atoms with Crippen molar-refractivity contribution in [3.8, 4) is 5.88 Å². The van der Waals surface area contributed by atoms with Crippen LogP contribution in [0.15, 0.2) is 30.3 Å². The molecule has 2 aromatic rings. The number of aromatic nitrogens is 2. The normalized spacial score (nSPS) is 18.3. The summed E-state index contributed by atoms with van der Waals surface area (Å²) in [5.41, 5.74) is 0.337. The lowest BCUT2D eigenvalue weighted by molar-refractivity contribution is -0.149. The molecule has 4 heterocycles. The lowest BCUT2D eigenvalue weighted by Gasteiger charge is -2.35. The number of rotatable bonds is 7. The number of urea groups is 1. The van der Waals surface area contributed by atoms with Crippen LogP contribution in [0.2, 0.25) is 0 Å². The Morgan fingerprint density at radius 1 is 1.25 bits per heavy atom. The van der Waals surface area contributed by atoms with Crippen molar-refractivity contribution in [3.63, 3.8) is 0 Å². The summed E-state index contributed by atoms with van der Waals surface area (Å²) < 4.78 is 43.9. The van der Waals surface area contributed by atoms with Crippen molar-refractivity contribution in [3.05, 3.63) is 36.0 Å². The Balaban J connectivity index is 1.55. The molecule has 14 heteroatoms. The molecule has 11 nitrogen and oxygen atoms in total. The van der Waals surface area contributed by atoms with Crippen LogP contribution >= 0.6 is 0 Å². The van der Waals surface area contributed by atoms with Crippen LogP contribution in [-0.4, -0.2) is 82.8 Å². The SMILES string of the molecule is C[C@@H](NC(=O)c1ccc2c(n1)N(C(=O)Nc1cccc(OC[C@H](O)CO)n1)C1CCN2C1)C(F)(F)F. The van der Waals surface area contributed by atoms with E-state index in [2.05, 4.69) is 15.3 Å². The summed E-state index contributed by atoms with van der Waals surface area (Å²) in [5, 5.41) is 22.9. The Labute approximate surface area is 203 Å². The van der Waals surface area contributed by atoms with Crippen LogP contribution in [0.25, 0.3) is 0 Å². The molecule has 1 fully saturated rings. The van der Waals surface area contributed by atoms with Crippen LogP contribution in [0.3, 0.4) is 0 Å². The monoisotopic (exact) mass is 510 g/mol. The lowest BCUT2D eigenvalue weighted by atomic mass is 10.1. The van der Waals surface area contributed by atoms with Crippen molar-refractivity contribution in [2.24, 2.45) is 0 Å². The molecular formula is C22H25F3N6O5. The van der Waals surface area contributed by atoms with Gasteiger partial charge in [-0.05, 0) is 31.5 Å². The van der Waals surface area contributed by atoms with Crippen LogP contribution in [-0.2, 0) is 0 Å². The summed E-state index contributed by atoms with van der Waals surface area (Å²) in [7, 11) is 0. The summed E-state index contributed by atoms with van der Waals surface area (Å²) >= 11 is 0. The Hall–Kier alpha value is -3.65. The number of fused-ring (bicyclic) bond motifs is 4. The molecule has 4 rings (SSSR count). The van der Waals surface area contributed by atoms with Gasteiger partial charge in [0.25, 0.3) is 5.91 Å². The molecule has 0 aliphatic carbocycles. The first-order valence-electron chi connectivity index (χ1n) is 11.2. The zero-order valence-electron chi connectivity index (χ0n) is 19.2. The molecule has 1 unspecified atom stereocenters. The number of nitrogens with one attached hydrogen (secondary N) is 2. The molecule has 3 amide bonds. The number of nitrogens with zero attached hydrogens (tertiary/aromatic N) is 4. The van der Waals surface area contributed by atoms with Crippen molar-refractivity contribution in [1.82, 2.24) is 15.3 Å². The average molecular weight is 510 g/mol. The predicted octanol–water partition coefficient (Wildman–Crippen LogP) is 1.52. The second-order valence-corrected chi connectivity index (χ2v) is 8.47. The maximum absolute atomic E-state index is 13.3. The first-order chi connectivity index (χ1) is 17.1. The third-order valence-corrected chi connectivity index (χ3v) is 5.83. The third kappa shape index (κ3) is 5.44. The number of pyridine rings is 2. The highest BCUT2D eigenvalue weighted by atomic mass is 19.4. The zero-order chi connectivity index (χ0) is 26.0. The van der Waals surface area contributed by atoms with Gasteiger partial charge in [0.1, 0.15) is 30.3 Å². The molecule has 0 aromatic carbocycles. The van der Waals surface area contributed by atoms with Gasteiger partial charge in [0.05, 0.1) is 18.3 Å². The van der Waals surface area contributed by atoms with Crippen molar-refractivity contribution in [1.29, 1.82) is 0 Å².